The highest BCUT2D eigenvalue weighted by Gasteiger charge is 2.31. The number of nitrogens with one attached hydrogen (secondary N) is 3. The van der Waals surface area contributed by atoms with Crippen LogP contribution in [0.15, 0.2) is 48.5 Å². The predicted molar refractivity (Wildman–Crippen MR) is 114 cm³/mol. The van der Waals surface area contributed by atoms with Crippen LogP contribution in [0, 0.1) is 0 Å². The van der Waals surface area contributed by atoms with Crippen molar-refractivity contribution in [2.45, 2.75) is 38.3 Å². The van der Waals surface area contributed by atoms with E-state index in [2.05, 4.69) is 16.0 Å². The molecule has 2 aromatic carbocycles. The van der Waals surface area contributed by atoms with Gasteiger partial charge in [-0.1, -0.05) is 12.1 Å². The van der Waals surface area contributed by atoms with E-state index >= 15 is 0 Å². The van der Waals surface area contributed by atoms with Gasteiger partial charge in [0.25, 0.3) is 5.91 Å². The van der Waals surface area contributed by atoms with Crippen molar-refractivity contribution < 1.29 is 19.1 Å². The molecule has 0 saturated heterocycles. The van der Waals surface area contributed by atoms with Gasteiger partial charge in [-0.2, -0.15) is 0 Å². The zero-order chi connectivity index (χ0) is 21.1. The fourth-order valence-corrected chi connectivity index (χ4v) is 3.24. The van der Waals surface area contributed by atoms with Crippen LogP contribution in [0.4, 0.5) is 21.9 Å². The first-order valence-corrected chi connectivity index (χ1v) is 10.0. The minimum absolute atomic E-state index is 0.149. The zero-order valence-corrected chi connectivity index (χ0v) is 16.7. The fraction of sp³-hybridized carbons (Fsp3) is 0.318. The van der Waals surface area contributed by atoms with E-state index < -0.39 is 6.10 Å². The summed E-state index contributed by atoms with van der Waals surface area (Å²) in [5.41, 5.74) is 1.94. The molecule has 3 N–H and O–H groups in total. The van der Waals surface area contributed by atoms with Crippen LogP contribution in [0.3, 0.4) is 0 Å². The molecular formula is C22H24N4O4. The Kier molecular flexibility index (Phi) is 5.56. The van der Waals surface area contributed by atoms with Gasteiger partial charge in [0, 0.05) is 30.4 Å². The third kappa shape index (κ3) is 4.71. The summed E-state index contributed by atoms with van der Waals surface area (Å²) < 4.78 is 5.61. The zero-order valence-electron chi connectivity index (χ0n) is 16.7. The Morgan fingerprint density at radius 3 is 2.40 bits per heavy atom. The second-order valence-electron chi connectivity index (χ2n) is 7.47. The molecule has 1 unspecified atom stereocenters. The second kappa shape index (κ2) is 8.44. The van der Waals surface area contributed by atoms with Gasteiger partial charge in [-0.05, 0) is 56.2 Å². The van der Waals surface area contributed by atoms with Gasteiger partial charge in [0.1, 0.15) is 5.75 Å². The van der Waals surface area contributed by atoms with E-state index in [1.54, 1.807) is 36.1 Å². The van der Waals surface area contributed by atoms with Crippen LogP contribution in [-0.2, 0) is 9.59 Å². The molecule has 1 heterocycles. The Morgan fingerprint density at radius 1 is 1.03 bits per heavy atom. The lowest BCUT2D eigenvalue weighted by Crippen LogP contribution is -2.45. The third-order valence-electron chi connectivity index (χ3n) is 4.98. The maximum atomic E-state index is 12.5. The monoisotopic (exact) mass is 408 g/mol. The number of benzene rings is 2. The Balaban J connectivity index is 1.30. The van der Waals surface area contributed by atoms with Gasteiger partial charge in [-0.3, -0.25) is 9.59 Å². The van der Waals surface area contributed by atoms with Gasteiger partial charge in [0.2, 0.25) is 5.91 Å². The summed E-state index contributed by atoms with van der Waals surface area (Å²) in [5.74, 6) is 0.270. The Morgan fingerprint density at radius 2 is 1.70 bits per heavy atom. The van der Waals surface area contributed by atoms with Gasteiger partial charge in [-0.15, -0.1) is 0 Å². The number of hydrogen-bond donors (Lipinski definition) is 3. The smallest absolute Gasteiger partial charge is 0.319 e. The summed E-state index contributed by atoms with van der Waals surface area (Å²) in [6, 6.07) is 14.3. The average Bonchev–Trinajstić information content (AvgIpc) is 3.53. The number of carbonyl (C=O) groups is 3. The highest BCUT2D eigenvalue weighted by atomic mass is 16.5. The number of fused-ring (bicyclic) bond motifs is 1. The number of anilines is 3. The molecule has 0 spiro atoms. The van der Waals surface area contributed by atoms with E-state index in [1.807, 2.05) is 24.3 Å². The topological polar surface area (TPSA) is 99.8 Å². The Hall–Kier alpha value is -3.55. The second-order valence-corrected chi connectivity index (χ2v) is 7.47. The fourth-order valence-electron chi connectivity index (χ4n) is 3.24. The molecule has 4 rings (SSSR count). The standard InChI is InChI=1S/C22H24N4O4/c1-14-21(28)26(18-4-2-3-5-19(18)30-14)13-12-20(27)23-15-6-8-16(9-7-15)24-22(29)25-17-10-11-17/h2-9,14,17H,10-13H2,1H3,(H,23,27)(H2,24,25,29). The first kappa shape index (κ1) is 19.8. The number of carbonyl (C=O) groups excluding carboxylic acids is 3. The maximum Gasteiger partial charge on any atom is 0.319 e. The first-order chi connectivity index (χ1) is 14.5. The third-order valence-corrected chi connectivity index (χ3v) is 4.98. The first-order valence-electron chi connectivity index (χ1n) is 10.0. The summed E-state index contributed by atoms with van der Waals surface area (Å²) in [4.78, 5) is 38.2. The summed E-state index contributed by atoms with van der Waals surface area (Å²) >= 11 is 0. The molecular weight excluding hydrogens is 384 g/mol. The molecule has 2 aliphatic rings. The molecule has 0 radical (unpaired) electrons. The van der Waals surface area contributed by atoms with Crippen molar-refractivity contribution in [2.75, 3.05) is 22.1 Å². The van der Waals surface area contributed by atoms with Gasteiger partial charge in [0.15, 0.2) is 6.10 Å². The predicted octanol–water partition coefficient (Wildman–Crippen LogP) is 3.11. The minimum atomic E-state index is -0.583. The van der Waals surface area contributed by atoms with E-state index in [1.165, 1.54) is 0 Å². The number of para-hydroxylation sites is 2. The molecule has 1 fully saturated rings. The lowest BCUT2D eigenvalue weighted by molar-refractivity contribution is -0.125. The highest BCUT2D eigenvalue weighted by molar-refractivity contribution is 6.01. The van der Waals surface area contributed by atoms with Crippen LogP contribution in [-0.4, -0.2) is 36.5 Å². The van der Waals surface area contributed by atoms with Crippen molar-refractivity contribution >= 4 is 34.9 Å². The summed E-state index contributed by atoms with van der Waals surface area (Å²) in [6.07, 6.45) is 1.62. The van der Waals surface area contributed by atoms with Crippen molar-refractivity contribution in [2.24, 2.45) is 0 Å². The molecule has 30 heavy (non-hydrogen) atoms. The number of hydrogen-bond acceptors (Lipinski definition) is 4. The van der Waals surface area contributed by atoms with Crippen LogP contribution in [0.1, 0.15) is 26.2 Å². The molecule has 4 amide bonds. The largest absolute Gasteiger partial charge is 0.479 e. The molecule has 1 aliphatic carbocycles. The Labute approximate surface area is 174 Å². The molecule has 1 saturated carbocycles. The molecule has 2 aromatic rings. The van der Waals surface area contributed by atoms with E-state index in [0.29, 0.717) is 22.8 Å². The number of nitrogens with zero attached hydrogens (tertiary/aromatic N) is 1. The lowest BCUT2D eigenvalue weighted by Gasteiger charge is -2.32. The number of ether oxygens (including phenoxy) is 1. The van der Waals surface area contributed by atoms with E-state index in [-0.39, 0.29) is 36.9 Å². The molecule has 0 aromatic heterocycles. The van der Waals surface area contributed by atoms with E-state index in [9.17, 15) is 14.4 Å². The van der Waals surface area contributed by atoms with E-state index in [0.717, 1.165) is 12.8 Å². The minimum Gasteiger partial charge on any atom is -0.479 e. The lowest BCUT2D eigenvalue weighted by atomic mass is 10.1. The highest BCUT2D eigenvalue weighted by Crippen LogP contribution is 2.33. The number of urea groups is 1. The van der Waals surface area contributed by atoms with Crippen LogP contribution < -0.4 is 25.6 Å². The normalized spacial score (nSPS) is 17.6. The van der Waals surface area contributed by atoms with Crippen molar-refractivity contribution in [1.29, 1.82) is 0 Å². The molecule has 156 valence electrons. The van der Waals surface area contributed by atoms with Gasteiger partial charge < -0.3 is 25.6 Å². The SMILES string of the molecule is CC1Oc2ccccc2N(CCC(=O)Nc2ccc(NC(=O)NC3CC3)cc2)C1=O. The molecule has 0 bridgehead atoms. The number of amides is 4. The van der Waals surface area contributed by atoms with Crippen LogP contribution in [0.5, 0.6) is 5.75 Å². The Bertz CT molecular complexity index is 956. The van der Waals surface area contributed by atoms with Gasteiger partial charge in [0.05, 0.1) is 5.69 Å². The summed E-state index contributed by atoms with van der Waals surface area (Å²) in [5, 5.41) is 8.43. The van der Waals surface area contributed by atoms with Gasteiger partial charge >= 0.3 is 6.03 Å². The molecule has 8 nitrogen and oxygen atoms in total. The van der Waals surface area contributed by atoms with Crippen molar-refractivity contribution in [1.82, 2.24) is 5.32 Å². The quantitative estimate of drug-likeness (QED) is 0.684. The van der Waals surface area contributed by atoms with Crippen LogP contribution >= 0.6 is 0 Å². The summed E-state index contributed by atoms with van der Waals surface area (Å²) in [7, 11) is 0. The van der Waals surface area contributed by atoms with Crippen molar-refractivity contribution in [3.63, 3.8) is 0 Å². The maximum absolute atomic E-state index is 12.5. The average molecular weight is 408 g/mol. The molecule has 1 aliphatic heterocycles. The molecule has 8 heteroatoms. The number of rotatable bonds is 6. The van der Waals surface area contributed by atoms with Crippen LogP contribution in [0.25, 0.3) is 0 Å². The summed E-state index contributed by atoms with van der Waals surface area (Å²) in [6.45, 7) is 1.96. The van der Waals surface area contributed by atoms with Gasteiger partial charge in [-0.25, -0.2) is 4.79 Å². The van der Waals surface area contributed by atoms with Crippen molar-refractivity contribution in [3.05, 3.63) is 48.5 Å². The van der Waals surface area contributed by atoms with Crippen LogP contribution in [0.2, 0.25) is 0 Å². The van der Waals surface area contributed by atoms with Crippen molar-refractivity contribution in [3.8, 4) is 5.75 Å². The molecule has 1 atom stereocenters. The van der Waals surface area contributed by atoms with E-state index in [4.69, 9.17) is 4.74 Å².